The lowest BCUT2D eigenvalue weighted by Gasteiger charge is -2.11. The second-order valence-electron chi connectivity index (χ2n) is 7.69. The number of aryl methyl sites for hydroxylation is 1. The Bertz CT molecular complexity index is 1600. The zero-order chi connectivity index (χ0) is 22.9. The second-order valence-corrected chi connectivity index (χ2v) is 8.63. The molecule has 0 fully saturated rings. The summed E-state index contributed by atoms with van der Waals surface area (Å²) >= 11 is 1.46. The van der Waals surface area contributed by atoms with Crippen molar-refractivity contribution in [1.29, 1.82) is 0 Å². The van der Waals surface area contributed by atoms with Crippen LogP contribution in [-0.2, 0) is 12.3 Å². The molecule has 0 aliphatic carbocycles. The molecule has 0 atom stereocenters. The van der Waals surface area contributed by atoms with E-state index in [4.69, 9.17) is 9.15 Å². The highest BCUT2D eigenvalue weighted by Crippen LogP contribution is 2.29. The van der Waals surface area contributed by atoms with Gasteiger partial charge in [-0.1, -0.05) is 37.2 Å². The molecule has 2 aromatic carbocycles. The Balaban J connectivity index is 1.60. The lowest BCUT2D eigenvalue weighted by molar-refractivity contribution is 0.414. The van der Waals surface area contributed by atoms with Crippen LogP contribution in [0.3, 0.4) is 0 Å². The molecule has 168 valence electrons. The van der Waals surface area contributed by atoms with E-state index in [0.29, 0.717) is 40.0 Å². The maximum absolute atomic E-state index is 13.1. The van der Waals surface area contributed by atoms with Gasteiger partial charge in [0.1, 0.15) is 11.3 Å². The Labute approximate surface area is 192 Å². The fraction of sp³-hybridized carbons (Fsp3) is 0.250. The molecule has 0 radical (unpaired) electrons. The van der Waals surface area contributed by atoms with E-state index in [0.717, 1.165) is 29.3 Å². The summed E-state index contributed by atoms with van der Waals surface area (Å²) in [4.78, 5) is 25.2. The van der Waals surface area contributed by atoms with E-state index in [1.54, 1.807) is 17.7 Å². The molecule has 0 N–H and O–H groups in total. The number of hydrogen-bond acceptors (Lipinski definition) is 7. The molecule has 3 aromatic heterocycles. The molecule has 0 aliphatic heterocycles. The van der Waals surface area contributed by atoms with Crippen molar-refractivity contribution in [2.24, 2.45) is 0 Å². The number of unbranched alkanes of at least 4 members (excludes halogenated alkanes) is 1. The molecule has 0 bridgehead atoms. The average molecular weight is 463 g/mol. The number of methoxy groups -OCH3 is 1. The summed E-state index contributed by atoms with van der Waals surface area (Å²) < 4.78 is 14.2. The van der Waals surface area contributed by atoms with Gasteiger partial charge in [-0.25, -0.2) is 4.79 Å². The smallest absolute Gasteiger partial charge is 0.336 e. The number of rotatable bonds is 7. The fourth-order valence-electron chi connectivity index (χ4n) is 3.94. The monoisotopic (exact) mass is 462 g/mol. The Hall–Kier alpha value is -3.59. The summed E-state index contributed by atoms with van der Waals surface area (Å²) in [6.45, 7) is 2.67. The molecule has 0 aliphatic rings. The minimum atomic E-state index is -0.420. The van der Waals surface area contributed by atoms with Gasteiger partial charge in [0.25, 0.3) is 5.56 Å². The molecule has 9 heteroatoms. The van der Waals surface area contributed by atoms with E-state index in [2.05, 4.69) is 17.1 Å². The van der Waals surface area contributed by atoms with Crippen LogP contribution in [-0.4, -0.2) is 26.3 Å². The van der Waals surface area contributed by atoms with Gasteiger partial charge in [0.15, 0.2) is 5.16 Å². The van der Waals surface area contributed by atoms with Gasteiger partial charge < -0.3 is 9.15 Å². The number of aromatic nitrogens is 4. The fourth-order valence-corrected chi connectivity index (χ4v) is 4.87. The maximum Gasteiger partial charge on any atom is 0.336 e. The van der Waals surface area contributed by atoms with Crippen molar-refractivity contribution in [3.63, 3.8) is 0 Å². The first kappa shape index (κ1) is 21.3. The Morgan fingerprint density at radius 1 is 1.06 bits per heavy atom. The molecule has 0 unspecified atom stereocenters. The zero-order valence-electron chi connectivity index (χ0n) is 18.3. The van der Waals surface area contributed by atoms with Gasteiger partial charge in [-0.2, -0.15) is 0 Å². The first-order valence-corrected chi connectivity index (χ1v) is 11.7. The van der Waals surface area contributed by atoms with Crippen molar-refractivity contribution in [2.75, 3.05) is 7.11 Å². The summed E-state index contributed by atoms with van der Waals surface area (Å²) in [7, 11) is 1.57. The van der Waals surface area contributed by atoms with Crippen molar-refractivity contribution < 1.29 is 9.15 Å². The van der Waals surface area contributed by atoms with Crippen LogP contribution in [0.25, 0.3) is 27.6 Å². The minimum Gasteiger partial charge on any atom is -0.497 e. The Morgan fingerprint density at radius 3 is 2.73 bits per heavy atom. The van der Waals surface area contributed by atoms with Crippen molar-refractivity contribution >= 4 is 39.4 Å². The first-order valence-electron chi connectivity index (χ1n) is 10.7. The van der Waals surface area contributed by atoms with E-state index in [1.807, 2.05) is 40.8 Å². The highest BCUT2D eigenvalue weighted by Gasteiger charge is 2.17. The molecule has 5 rings (SSSR count). The second kappa shape index (κ2) is 8.74. The number of thioether (sulfide) groups is 1. The van der Waals surface area contributed by atoms with E-state index in [9.17, 15) is 9.59 Å². The van der Waals surface area contributed by atoms with Gasteiger partial charge in [0, 0.05) is 29.8 Å². The molecule has 0 saturated heterocycles. The molecular formula is C24H22N4O4S. The lowest BCUT2D eigenvalue weighted by Crippen LogP contribution is -2.23. The molecule has 33 heavy (non-hydrogen) atoms. The molecule has 8 nitrogen and oxygen atoms in total. The predicted molar refractivity (Wildman–Crippen MR) is 128 cm³/mol. The average Bonchev–Trinajstić information content (AvgIpc) is 3.26. The number of para-hydroxylation sites is 1. The van der Waals surface area contributed by atoms with E-state index in [1.165, 1.54) is 17.8 Å². The van der Waals surface area contributed by atoms with E-state index < -0.39 is 5.63 Å². The quantitative estimate of drug-likeness (QED) is 0.264. The predicted octanol–water partition coefficient (Wildman–Crippen LogP) is 4.25. The molecule has 5 aromatic rings. The first-order chi connectivity index (χ1) is 16.1. The normalized spacial score (nSPS) is 11.6. The maximum atomic E-state index is 13.1. The largest absolute Gasteiger partial charge is 0.497 e. The number of benzene rings is 2. The van der Waals surface area contributed by atoms with Crippen LogP contribution >= 0.6 is 11.8 Å². The topological polar surface area (TPSA) is 91.6 Å². The molecular weight excluding hydrogens is 440 g/mol. The zero-order valence-corrected chi connectivity index (χ0v) is 19.1. The summed E-state index contributed by atoms with van der Waals surface area (Å²) in [6.07, 6.45) is 1.84. The van der Waals surface area contributed by atoms with Gasteiger partial charge >= 0.3 is 5.63 Å². The van der Waals surface area contributed by atoms with Crippen molar-refractivity contribution in [1.82, 2.24) is 19.2 Å². The molecule has 3 heterocycles. The summed E-state index contributed by atoms with van der Waals surface area (Å²) in [5.74, 6) is 1.63. The highest BCUT2D eigenvalue weighted by molar-refractivity contribution is 7.98. The van der Waals surface area contributed by atoms with Crippen LogP contribution in [0.5, 0.6) is 5.75 Å². The van der Waals surface area contributed by atoms with Crippen molar-refractivity contribution in [3.05, 3.63) is 74.9 Å². The van der Waals surface area contributed by atoms with Crippen molar-refractivity contribution in [3.8, 4) is 5.75 Å². The van der Waals surface area contributed by atoms with Crippen molar-refractivity contribution in [2.45, 2.75) is 37.2 Å². The Morgan fingerprint density at radius 2 is 1.91 bits per heavy atom. The third-order valence-corrected chi connectivity index (χ3v) is 6.59. The van der Waals surface area contributed by atoms with Gasteiger partial charge in [-0.3, -0.25) is 13.8 Å². The number of hydrogen-bond donors (Lipinski definition) is 0. The summed E-state index contributed by atoms with van der Waals surface area (Å²) in [5.41, 5.74) is 1.59. The SMILES string of the molecule is CCCCn1c(=O)c2ccccc2n2c(SCc3cc(=O)oc4cc(OC)ccc34)nnc12. The van der Waals surface area contributed by atoms with Gasteiger partial charge in [0.05, 0.1) is 18.0 Å². The highest BCUT2D eigenvalue weighted by atomic mass is 32.2. The van der Waals surface area contributed by atoms with Crippen LogP contribution < -0.4 is 15.9 Å². The van der Waals surface area contributed by atoms with E-state index >= 15 is 0 Å². The van der Waals surface area contributed by atoms with Crippen LogP contribution in [0, 0.1) is 0 Å². The van der Waals surface area contributed by atoms with Crippen LogP contribution in [0.4, 0.5) is 0 Å². The molecule has 0 amide bonds. The third kappa shape index (κ3) is 3.78. The van der Waals surface area contributed by atoms with E-state index in [-0.39, 0.29) is 5.56 Å². The Kier molecular flexibility index (Phi) is 5.63. The van der Waals surface area contributed by atoms with Crippen LogP contribution in [0.15, 0.2) is 67.7 Å². The summed E-state index contributed by atoms with van der Waals surface area (Å²) in [6, 6.07) is 14.4. The van der Waals surface area contributed by atoms with Gasteiger partial charge in [0.2, 0.25) is 5.78 Å². The van der Waals surface area contributed by atoms with Gasteiger partial charge in [-0.05, 0) is 36.2 Å². The molecule has 0 saturated carbocycles. The lowest BCUT2D eigenvalue weighted by atomic mass is 10.1. The number of nitrogens with zero attached hydrogens (tertiary/aromatic N) is 4. The van der Waals surface area contributed by atoms with Gasteiger partial charge in [-0.15, -0.1) is 10.2 Å². The van der Waals surface area contributed by atoms with Crippen LogP contribution in [0.2, 0.25) is 0 Å². The minimum absolute atomic E-state index is 0.0592. The third-order valence-electron chi connectivity index (χ3n) is 5.61. The number of ether oxygens (including phenoxy) is 1. The summed E-state index contributed by atoms with van der Waals surface area (Å²) in [5, 5.41) is 10.9. The standard InChI is InChI=1S/C24H22N4O4S/c1-3-4-11-27-22(30)18-7-5-6-8-19(18)28-23(27)25-26-24(28)33-14-15-12-21(29)32-20-13-16(31-2)9-10-17(15)20/h5-10,12-13H,3-4,11,14H2,1-2H3. The molecule has 0 spiro atoms. The number of fused-ring (bicyclic) bond motifs is 4. The van der Waals surface area contributed by atoms with Crippen LogP contribution in [0.1, 0.15) is 25.3 Å².